The summed E-state index contributed by atoms with van der Waals surface area (Å²) < 4.78 is 47.0. The molecule has 4 rings (SSSR count). The molecule has 1 saturated heterocycles. The fourth-order valence-electron chi connectivity index (χ4n) is 3.34. The second-order valence-electron chi connectivity index (χ2n) is 6.34. The van der Waals surface area contributed by atoms with Crippen LogP contribution in [0.25, 0.3) is 11.0 Å². The Morgan fingerprint density at radius 3 is 2.41 bits per heavy atom. The van der Waals surface area contributed by atoms with Crippen molar-refractivity contribution in [2.45, 2.75) is 17.7 Å². The largest absolute Gasteiger partial charge is 0.421 e. The van der Waals surface area contributed by atoms with Crippen LogP contribution in [0.15, 0.2) is 62.6 Å². The molecular weight excluding hydrogens is 371 g/mol. The number of anilines is 2. The number of nitrogens with one attached hydrogen (secondary N) is 1. The molecule has 0 atom stereocenters. The lowest BCUT2D eigenvalue weighted by atomic mass is 10.1. The van der Waals surface area contributed by atoms with Gasteiger partial charge in [-0.1, -0.05) is 24.3 Å². The summed E-state index contributed by atoms with van der Waals surface area (Å²) in [6.45, 7) is 1.39. The highest BCUT2D eigenvalue weighted by atomic mass is 32.2. The van der Waals surface area contributed by atoms with E-state index in [1.54, 1.807) is 24.3 Å². The summed E-state index contributed by atoms with van der Waals surface area (Å²) in [7, 11) is -4.30. The molecule has 1 aliphatic rings. The summed E-state index contributed by atoms with van der Waals surface area (Å²) in [5.74, 6) is -0.891. The van der Waals surface area contributed by atoms with E-state index in [2.05, 4.69) is 4.72 Å². The highest BCUT2D eigenvalue weighted by Crippen LogP contribution is 2.35. The van der Waals surface area contributed by atoms with Crippen molar-refractivity contribution in [3.05, 3.63) is 64.8 Å². The van der Waals surface area contributed by atoms with Crippen LogP contribution in [0.2, 0.25) is 0 Å². The van der Waals surface area contributed by atoms with Gasteiger partial charge >= 0.3 is 5.63 Å². The van der Waals surface area contributed by atoms with Gasteiger partial charge in [0.1, 0.15) is 16.3 Å². The summed E-state index contributed by atoms with van der Waals surface area (Å²) in [6.07, 6.45) is 1.88. The molecule has 1 fully saturated rings. The second kappa shape index (κ2) is 6.70. The zero-order chi connectivity index (χ0) is 19.0. The Labute approximate surface area is 155 Å². The Morgan fingerprint density at radius 2 is 1.67 bits per heavy atom. The molecule has 1 aromatic heterocycles. The summed E-state index contributed by atoms with van der Waals surface area (Å²) in [6, 6.07) is 12.0. The van der Waals surface area contributed by atoms with E-state index in [0.29, 0.717) is 29.7 Å². The van der Waals surface area contributed by atoms with Gasteiger partial charge < -0.3 is 9.32 Å². The summed E-state index contributed by atoms with van der Waals surface area (Å²) >= 11 is 0. The van der Waals surface area contributed by atoms with Gasteiger partial charge in [0.25, 0.3) is 10.0 Å². The molecule has 0 spiro atoms. The first-order chi connectivity index (χ1) is 13.0. The Hall–Kier alpha value is -2.87. The van der Waals surface area contributed by atoms with E-state index in [0.717, 1.165) is 25.0 Å². The van der Waals surface area contributed by atoms with Crippen molar-refractivity contribution >= 4 is 32.4 Å². The van der Waals surface area contributed by atoms with Gasteiger partial charge in [-0.25, -0.2) is 17.6 Å². The van der Waals surface area contributed by atoms with E-state index < -0.39 is 26.4 Å². The van der Waals surface area contributed by atoms with E-state index in [-0.39, 0.29) is 5.69 Å². The van der Waals surface area contributed by atoms with Crippen LogP contribution in [0.1, 0.15) is 12.8 Å². The summed E-state index contributed by atoms with van der Waals surface area (Å²) in [5, 5.41) is 0.630. The minimum Gasteiger partial charge on any atom is -0.421 e. The van der Waals surface area contributed by atoms with E-state index in [4.69, 9.17) is 4.42 Å². The maximum atomic E-state index is 14.0. The minimum absolute atomic E-state index is 0.196. The van der Waals surface area contributed by atoms with Crippen LogP contribution < -0.4 is 15.2 Å². The van der Waals surface area contributed by atoms with E-state index in [1.165, 1.54) is 12.1 Å². The second-order valence-corrected chi connectivity index (χ2v) is 7.99. The van der Waals surface area contributed by atoms with Gasteiger partial charge in [0.15, 0.2) is 5.69 Å². The zero-order valence-corrected chi connectivity index (χ0v) is 15.1. The standard InChI is InChI=1S/C19H17FN2O4S/c20-14-8-2-4-10-16(14)27(24,25)21-17-18(22-11-5-6-12-22)13-7-1-3-9-15(13)26-19(17)23/h1-4,7-10,21H,5-6,11-12H2. The Balaban J connectivity index is 1.91. The maximum Gasteiger partial charge on any atom is 0.363 e. The number of sulfonamides is 1. The van der Waals surface area contributed by atoms with Crippen molar-refractivity contribution in [3.63, 3.8) is 0 Å². The normalized spacial score (nSPS) is 14.6. The lowest BCUT2D eigenvalue weighted by Crippen LogP contribution is -2.26. The third-order valence-electron chi connectivity index (χ3n) is 4.57. The van der Waals surface area contributed by atoms with Crippen molar-refractivity contribution in [2.24, 2.45) is 0 Å². The lowest BCUT2D eigenvalue weighted by Gasteiger charge is -2.22. The molecule has 27 heavy (non-hydrogen) atoms. The number of nitrogens with zero attached hydrogens (tertiary/aromatic N) is 1. The number of hydrogen-bond acceptors (Lipinski definition) is 5. The average molecular weight is 388 g/mol. The van der Waals surface area contributed by atoms with Crippen LogP contribution in [0.5, 0.6) is 0 Å². The number of halogens is 1. The quantitative estimate of drug-likeness (QED) is 0.694. The number of rotatable bonds is 4. The molecule has 8 heteroatoms. The van der Waals surface area contributed by atoms with Crippen LogP contribution in [-0.2, 0) is 10.0 Å². The molecule has 1 aliphatic heterocycles. The topological polar surface area (TPSA) is 79.6 Å². The van der Waals surface area contributed by atoms with Crippen LogP contribution in [0.4, 0.5) is 15.8 Å². The smallest absolute Gasteiger partial charge is 0.363 e. The lowest BCUT2D eigenvalue weighted by molar-refractivity contribution is 0.559. The molecule has 6 nitrogen and oxygen atoms in total. The molecular formula is C19H17FN2O4S. The molecule has 2 aromatic carbocycles. The third-order valence-corrected chi connectivity index (χ3v) is 5.95. The minimum atomic E-state index is -4.30. The van der Waals surface area contributed by atoms with Gasteiger partial charge in [0.05, 0.1) is 5.69 Å². The molecule has 0 amide bonds. The molecule has 1 N–H and O–H groups in total. The van der Waals surface area contributed by atoms with Crippen molar-refractivity contribution in [1.29, 1.82) is 0 Å². The molecule has 0 unspecified atom stereocenters. The zero-order valence-electron chi connectivity index (χ0n) is 14.3. The van der Waals surface area contributed by atoms with E-state index in [1.807, 2.05) is 4.90 Å². The van der Waals surface area contributed by atoms with Crippen LogP contribution in [-0.4, -0.2) is 21.5 Å². The Morgan fingerprint density at radius 1 is 1.00 bits per heavy atom. The monoisotopic (exact) mass is 388 g/mol. The van der Waals surface area contributed by atoms with Gasteiger partial charge in [-0.05, 0) is 37.1 Å². The molecule has 140 valence electrons. The predicted molar refractivity (Wildman–Crippen MR) is 101 cm³/mol. The molecule has 2 heterocycles. The van der Waals surface area contributed by atoms with E-state index in [9.17, 15) is 17.6 Å². The molecule has 0 saturated carbocycles. The molecule has 0 bridgehead atoms. The predicted octanol–water partition coefficient (Wildman–Crippen LogP) is 3.33. The SMILES string of the molecule is O=c1oc2ccccc2c(N2CCCC2)c1NS(=O)(=O)c1ccccc1F. The number of hydrogen-bond donors (Lipinski definition) is 1. The number of para-hydroxylation sites is 1. The van der Waals surface area contributed by atoms with Gasteiger partial charge in [-0.15, -0.1) is 0 Å². The molecule has 0 radical (unpaired) electrons. The third kappa shape index (κ3) is 3.16. The van der Waals surface area contributed by atoms with Crippen molar-refractivity contribution < 1.29 is 17.2 Å². The highest BCUT2D eigenvalue weighted by Gasteiger charge is 2.27. The van der Waals surface area contributed by atoms with Gasteiger partial charge in [-0.2, -0.15) is 0 Å². The van der Waals surface area contributed by atoms with Gasteiger partial charge in [0.2, 0.25) is 0 Å². The highest BCUT2D eigenvalue weighted by molar-refractivity contribution is 7.92. The maximum absolute atomic E-state index is 14.0. The number of fused-ring (bicyclic) bond motifs is 1. The average Bonchev–Trinajstić information content (AvgIpc) is 3.16. The van der Waals surface area contributed by atoms with E-state index >= 15 is 0 Å². The van der Waals surface area contributed by atoms with Crippen molar-refractivity contribution in [3.8, 4) is 0 Å². The molecule has 3 aromatic rings. The first kappa shape index (κ1) is 17.5. The Kier molecular flexibility index (Phi) is 4.35. The van der Waals surface area contributed by atoms with Crippen LogP contribution in [0.3, 0.4) is 0 Å². The number of benzene rings is 2. The first-order valence-electron chi connectivity index (χ1n) is 8.55. The van der Waals surface area contributed by atoms with Gasteiger partial charge in [0, 0.05) is 18.5 Å². The molecule has 0 aliphatic carbocycles. The van der Waals surface area contributed by atoms with Crippen molar-refractivity contribution in [2.75, 3.05) is 22.7 Å². The summed E-state index contributed by atoms with van der Waals surface area (Å²) in [4.78, 5) is 14.0. The van der Waals surface area contributed by atoms with Crippen molar-refractivity contribution in [1.82, 2.24) is 0 Å². The fraction of sp³-hybridized carbons (Fsp3) is 0.211. The van der Waals surface area contributed by atoms with Crippen LogP contribution in [0, 0.1) is 5.82 Å². The van der Waals surface area contributed by atoms with Gasteiger partial charge in [-0.3, -0.25) is 4.72 Å². The Bertz CT molecular complexity index is 1170. The summed E-state index contributed by atoms with van der Waals surface area (Å²) in [5.41, 5.74) is -0.160. The first-order valence-corrected chi connectivity index (χ1v) is 10.0. The fourth-order valence-corrected chi connectivity index (χ4v) is 4.49. The van der Waals surface area contributed by atoms with Crippen LogP contribution >= 0.6 is 0 Å².